The fourth-order valence-electron chi connectivity index (χ4n) is 2.31. The normalized spacial score (nSPS) is 23.7. The fraction of sp³-hybridized carbons (Fsp3) is 0.462. The van der Waals surface area contributed by atoms with Crippen molar-refractivity contribution in [3.63, 3.8) is 0 Å². The van der Waals surface area contributed by atoms with Gasteiger partial charge in [-0.3, -0.25) is 4.79 Å². The van der Waals surface area contributed by atoms with Crippen molar-refractivity contribution in [1.82, 2.24) is 5.32 Å². The van der Waals surface area contributed by atoms with Crippen molar-refractivity contribution in [2.75, 3.05) is 0 Å². The zero-order valence-electron chi connectivity index (χ0n) is 9.67. The number of nitrogens with one attached hydrogen (secondary N) is 1. The second kappa shape index (κ2) is 5.05. The number of benzene rings is 1. The zero-order valence-corrected chi connectivity index (χ0v) is 10.4. The maximum Gasteiger partial charge on any atom is 0.255 e. The van der Waals surface area contributed by atoms with Crippen LogP contribution in [0.4, 0.5) is 4.39 Å². The Bertz CT molecular complexity index is 415. The lowest BCUT2D eigenvalue weighted by Gasteiger charge is -2.13. The lowest BCUT2D eigenvalue weighted by atomic mass is 10.1. The van der Waals surface area contributed by atoms with E-state index in [2.05, 4.69) is 12.2 Å². The highest BCUT2D eigenvalue weighted by Crippen LogP contribution is 2.26. The molecule has 4 heteroatoms. The Morgan fingerprint density at radius 3 is 2.82 bits per heavy atom. The van der Waals surface area contributed by atoms with Crippen LogP contribution in [0.5, 0.6) is 0 Å². The molecule has 92 valence electrons. The Morgan fingerprint density at radius 1 is 1.47 bits per heavy atom. The van der Waals surface area contributed by atoms with Gasteiger partial charge in [0.25, 0.3) is 5.91 Å². The first-order valence-electron chi connectivity index (χ1n) is 5.83. The van der Waals surface area contributed by atoms with E-state index in [1.165, 1.54) is 18.2 Å². The lowest BCUT2D eigenvalue weighted by molar-refractivity contribution is 0.0933. The van der Waals surface area contributed by atoms with E-state index in [-0.39, 0.29) is 16.6 Å². The number of rotatable bonds is 2. The summed E-state index contributed by atoms with van der Waals surface area (Å²) in [6, 6.07) is 4.41. The molecule has 1 saturated carbocycles. The van der Waals surface area contributed by atoms with E-state index in [0.29, 0.717) is 5.92 Å². The van der Waals surface area contributed by atoms with Crippen LogP contribution in [0.3, 0.4) is 0 Å². The summed E-state index contributed by atoms with van der Waals surface area (Å²) in [7, 11) is 0. The number of carbonyl (C=O) groups is 1. The van der Waals surface area contributed by atoms with Crippen molar-refractivity contribution in [2.45, 2.75) is 32.2 Å². The SMILES string of the molecule is CC1CCC(NC(=O)c2c(F)cccc2Cl)C1. The molecule has 0 saturated heterocycles. The highest BCUT2D eigenvalue weighted by molar-refractivity contribution is 6.33. The summed E-state index contributed by atoms with van der Waals surface area (Å²) in [6.45, 7) is 2.15. The summed E-state index contributed by atoms with van der Waals surface area (Å²) in [4.78, 5) is 11.9. The van der Waals surface area contributed by atoms with E-state index < -0.39 is 11.7 Å². The highest BCUT2D eigenvalue weighted by atomic mass is 35.5. The molecule has 0 aromatic heterocycles. The third-order valence-electron chi connectivity index (χ3n) is 3.22. The average Bonchev–Trinajstić information content (AvgIpc) is 2.63. The summed E-state index contributed by atoms with van der Waals surface area (Å²) in [5.41, 5.74) is -0.0475. The van der Waals surface area contributed by atoms with Crippen LogP contribution in [0.1, 0.15) is 36.5 Å². The van der Waals surface area contributed by atoms with Crippen LogP contribution in [0.2, 0.25) is 5.02 Å². The van der Waals surface area contributed by atoms with Crippen LogP contribution >= 0.6 is 11.6 Å². The third kappa shape index (κ3) is 2.78. The number of halogens is 2. The number of hydrogen-bond acceptors (Lipinski definition) is 1. The summed E-state index contributed by atoms with van der Waals surface area (Å²) >= 11 is 5.84. The summed E-state index contributed by atoms with van der Waals surface area (Å²) < 4.78 is 13.5. The van der Waals surface area contributed by atoms with Gasteiger partial charge in [-0.15, -0.1) is 0 Å². The van der Waals surface area contributed by atoms with Gasteiger partial charge in [-0.2, -0.15) is 0 Å². The topological polar surface area (TPSA) is 29.1 Å². The Morgan fingerprint density at radius 2 is 2.24 bits per heavy atom. The summed E-state index contributed by atoms with van der Waals surface area (Å²) in [6.07, 6.45) is 3.02. The molecule has 2 nitrogen and oxygen atoms in total. The van der Waals surface area contributed by atoms with Gasteiger partial charge in [-0.1, -0.05) is 24.6 Å². The van der Waals surface area contributed by atoms with Crippen molar-refractivity contribution in [2.24, 2.45) is 5.92 Å². The molecule has 1 aliphatic rings. The molecule has 1 aliphatic carbocycles. The largest absolute Gasteiger partial charge is 0.349 e. The Kier molecular flexibility index (Phi) is 3.67. The number of hydrogen-bond donors (Lipinski definition) is 1. The molecular weight excluding hydrogens is 241 g/mol. The van der Waals surface area contributed by atoms with E-state index in [0.717, 1.165) is 19.3 Å². The van der Waals surface area contributed by atoms with Crippen LogP contribution < -0.4 is 5.32 Å². The van der Waals surface area contributed by atoms with Crippen LogP contribution in [0.25, 0.3) is 0 Å². The molecule has 2 unspecified atom stereocenters. The van der Waals surface area contributed by atoms with Crippen LogP contribution in [-0.2, 0) is 0 Å². The van der Waals surface area contributed by atoms with Gasteiger partial charge in [-0.25, -0.2) is 4.39 Å². The molecule has 1 N–H and O–H groups in total. The second-order valence-corrected chi connectivity index (χ2v) is 5.09. The smallest absolute Gasteiger partial charge is 0.255 e. The maximum absolute atomic E-state index is 13.5. The predicted molar refractivity (Wildman–Crippen MR) is 65.7 cm³/mol. The molecule has 0 heterocycles. The Hall–Kier alpha value is -1.09. The predicted octanol–water partition coefficient (Wildman–Crippen LogP) is 3.40. The van der Waals surface area contributed by atoms with E-state index in [1.54, 1.807) is 0 Å². The molecule has 0 aliphatic heterocycles. The second-order valence-electron chi connectivity index (χ2n) is 4.69. The van der Waals surface area contributed by atoms with Gasteiger partial charge in [0.05, 0.1) is 10.6 Å². The minimum absolute atomic E-state index is 0.0475. The zero-order chi connectivity index (χ0) is 12.4. The molecular formula is C13H15ClFNO. The Labute approximate surface area is 105 Å². The first kappa shape index (κ1) is 12.4. The summed E-state index contributed by atoms with van der Waals surface area (Å²) in [5, 5.41) is 3.00. The van der Waals surface area contributed by atoms with Crippen molar-refractivity contribution in [3.8, 4) is 0 Å². The van der Waals surface area contributed by atoms with Crippen molar-refractivity contribution in [3.05, 3.63) is 34.6 Å². The van der Waals surface area contributed by atoms with Gasteiger partial charge in [0.1, 0.15) is 5.82 Å². The molecule has 0 spiro atoms. The quantitative estimate of drug-likeness (QED) is 0.862. The van der Waals surface area contributed by atoms with Crippen LogP contribution in [0.15, 0.2) is 18.2 Å². The molecule has 1 fully saturated rings. The standard InChI is InChI=1S/C13H15ClFNO/c1-8-5-6-9(7-8)16-13(17)12-10(14)3-2-4-11(12)15/h2-4,8-9H,5-7H2,1H3,(H,16,17). The molecule has 1 aromatic carbocycles. The summed E-state index contributed by atoms with van der Waals surface area (Å²) in [5.74, 6) is -0.357. The third-order valence-corrected chi connectivity index (χ3v) is 3.53. The highest BCUT2D eigenvalue weighted by Gasteiger charge is 2.25. The number of carbonyl (C=O) groups excluding carboxylic acids is 1. The maximum atomic E-state index is 13.5. The van der Waals surface area contributed by atoms with E-state index in [4.69, 9.17) is 11.6 Å². The van der Waals surface area contributed by atoms with Gasteiger partial charge in [0, 0.05) is 6.04 Å². The minimum Gasteiger partial charge on any atom is -0.349 e. The molecule has 0 bridgehead atoms. The van der Waals surface area contributed by atoms with Crippen LogP contribution in [0, 0.1) is 11.7 Å². The van der Waals surface area contributed by atoms with E-state index in [1.807, 2.05) is 0 Å². The van der Waals surface area contributed by atoms with Crippen molar-refractivity contribution >= 4 is 17.5 Å². The van der Waals surface area contributed by atoms with Crippen molar-refractivity contribution in [1.29, 1.82) is 0 Å². The number of amides is 1. The lowest BCUT2D eigenvalue weighted by Crippen LogP contribution is -2.33. The van der Waals surface area contributed by atoms with Crippen LogP contribution in [-0.4, -0.2) is 11.9 Å². The minimum atomic E-state index is -0.568. The van der Waals surface area contributed by atoms with E-state index >= 15 is 0 Å². The fourth-order valence-corrected chi connectivity index (χ4v) is 2.56. The first-order chi connectivity index (χ1) is 8.08. The average molecular weight is 256 g/mol. The van der Waals surface area contributed by atoms with E-state index in [9.17, 15) is 9.18 Å². The molecule has 1 aromatic rings. The van der Waals surface area contributed by atoms with Gasteiger partial charge in [0.2, 0.25) is 0 Å². The Balaban J connectivity index is 2.10. The monoisotopic (exact) mass is 255 g/mol. The molecule has 1 amide bonds. The van der Waals surface area contributed by atoms with Gasteiger partial charge in [0.15, 0.2) is 0 Å². The van der Waals surface area contributed by atoms with Gasteiger partial charge in [-0.05, 0) is 37.3 Å². The molecule has 17 heavy (non-hydrogen) atoms. The van der Waals surface area contributed by atoms with Gasteiger partial charge < -0.3 is 5.32 Å². The van der Waals surface area contributed by atoms with Gasteiger partial charge >= 0.3 is 0 Å². The molecule has 0 radical (unpaired) electrons. The molecule has 2 atom stereocenters. The van der Waals surface area contributed by atoms with Crippen molar-refractivity contribution < 1.29 is 9.18 Å². The molecule has 2 rings (SSSR count). The first-order valence-corrected chi connectivity index (χ1v) is 6.20.